The van der Waals surface area contributed by atoms with E-state index in [0.29, 0.717) is 11.6 Å². The molecular formula is C108H67N7S2. The molecule has 0 aliphatic carbocycles. The fourth-order valence-corrected chi connectivity index (χ4v) is 19.6. The summed E-state index contributed by atoms with van der Waals surface area (Å²) >= 11 is 3.64. The number of hydrogen-bond donors (Lipinski definition) is 0. The van der Waals surface area contributed by atoms with Crippen LogP contribution in [-0.2, 0) is 0 Å². The fourth-order valence-electron chi connectivity index (χ4n) is 17.4. The molecule has 0 aliphatic rings. The minimum atomic E-state index is 0.626. The molecule has 16 aromatic carbocycles. The van der Waals surface area contributed by atoms with E-state index < -0.39 is 0 Å². The molecule has 7 aromatic heterocycles. The molecular weight excluding hydrogens is 1460 g/mol. The van der Waals surface area contributed by atoms with Crippen LogP contribution in [0.2, 0.25) is 0 Å². The smallest absolute Gasteiger partial charge is 0.162 e. The Hall–Kier alpha value is -15.0. The van der Waals surface area contributed by atoms with Crippen LogP contribution in [0, 0.1) is 0 Å². The van der Waals surface area contributed by atoms with Gasteiger partial charge >= 0.3 is 0 Å². The highest BCUT2D eigenvalue weighted by Crippen LogP contribution is 2.45. The molecule has 23 rings (SSSR count). The molecule has 0 spiro atoms. The Bertz CT molecular complexity index is 7700. The Morgan fingerprint density at radius 2 is 0.530 bits per heavy atom. The third-order valence-electron chi connectivity index (χ3n) is 23.1. The van der Waals surface area contributed by atoms with Gasteiger partial charge in [0, 0.05) is 96.2 Å². The van der Waals surface area contributed by atoms with Gasteiger partial charge in [0.1, 0.15) is 0 Å². The summed E-state index contributed by atoms with van der Waals surface area (Å²) in [6.07, 6.45) is 0. The van der Waals surface area contributed by atoms with E-state index in [-0.39, 0.29) is 0 Å². The van der Waals surface area contributed by atoms with Crippen LogP contribution < -0.4 is 0 Å². The SMILES string of the molecule is c1ccc(-c2ccc(-c3cc(-c4ccc(-c5cc6ccccc6s5)cc4)nc(-c4cc(-n5c6ccccc6c6ccccc65)cc(-n5c6ccccc6c6cc(-c7ccc8cc(-c9ccc(-c%10cc(-c%11ccc(-c%12ccccc%12)cc%11)nc(-c%11ccccc%11-n%11c%12ccccc%12c%12ccccc%12%11)n%10)cc9)sc8c7)ccc65)c4)n3)cc2)cc1. The van der Waals surface area contributed by atoms with Crippen LogP contribution in [0.15, 0.2) is 406 Å². The van der Waals surface area contributed by atoms with E-state index in [1.54, 1.807) is 0 Å². The van der Waals surface area contributed by atoms with E-state index in [4.69, 9.17) is 19.9 Å². The van der Waals surface area contributed by atoms with E-state index in [9.17, 15) is 0 Å². The standard InChI is InChI=1S/C108H67N7S2/c1-3-21-68(22-4-1)70-39-43-72(44-40-70)92-66-93(74-47-51-76(52-48-74)104-63-80-25-7-20-38-103(80)116-104)110-107(109-92)82-59-83(113-96-32-14-8-26-85(96)86-27-9-15-33-97(86)113)65-84(60-82)114-98-34-16-12-30-89(98)91-61-78(57-58-102(91)114)79-55-56-81-64-105(117-106(81)62-79)77-53-49-75(50-54-77)95-67-94(73-45-41-71(42-46-73)69-23-5-2-6-24-69)111-108(112-95)90-31-13-19-37-101(90)115-99-35-17-10-28-87(99)88-29-11-18-36-100(88)115/h1-67H. The minimum absolute atomic E-state index is 0.626. The Labute approximate surface area is 682 Å². The van der Waals surface area contributed by atoms with Crippen molar-refractivity contribution in [1.29, 1.82) is 0 Å². The van der Waals surface area contributed by atoms with Gasteiger partial charge in [-0.3, -0.25) is 0 Å². The molecule has 0 fully saturated rings. The number of thiophene rings is 2. The highest BCUT2D eigenvalue weighted by molar-refractivity contribution is 7.22. The van der Waals surface area contributed by atoms with Crippen molar-refractivity contribution in [3.05, 3.63) is 406 Å². The zero-order valence-corrected chi connectivity index (χ0v) is 64.8. The normalized spacial score (nSPS) is 11.8. The predicted octanol–water partition coefficient (Wildman–Crippen LogP) is 29.3. The largest absolute Gasteiger partial charge is 0.309 e. The van der Waals surface area contributed by atoms with Gasteiger partial charge in [-0.15, -0.1) is 22.7 Å². The molecule has 117 heavy (non-hydrogen) atoms. The van der Waals surface area contributed by atoms with Crippen LogP contribution in [0.25, 0.3) is 225 Å². The lowest BCUT2D eigenvalue weighted by atomic mass is 10.0. The second-order valence-electron chi connectivity index (χ2n) is 30.1. The van der Waals surface area contributed by atoms with Gasteiger partial charge in [-0.25, -0.2) is 19.9 Å². The van der Waals surface area contributed by atoms with E-state index >= 15 is 0 Å². The Balaban J connectivity index is 0.616. The van der Waals surface area contributed by atoms with Gasteiger partial charge in [0.2, 0.25) is 0 Å². The first kappa shape index (κ1) is 67.7. The molecule has 9 heteroatoms. The van der Waals surface area contributed by atoms with Gasteiger partial charge < -0.3 is 13.7 Å². The molecule has 0 saturated heterocycles. The lowest BCUT2D eigenvalue weighted by Crippen LogP contribution is -2.02. The summed E-state index contributed by atoms with van der Waals surface area (Å²) in [6.45, 7) is 0. The van der Waals surface area contributed by atoms with Gasteiger partial charge in [-0.1, -0.05) is 297 Å². The molecule has 0 bridgehead atoms. The summed E-state index contributed by atoms with van der Waals surface area (Å²) in [5.41, 5.74) is 28.2. The minimum Gasteiger partial charge on any atom is -0.309 e. The van der Waals surface area contributed by atoms with Crippen molar-refractivity contribution in [3.63, 3.8) is 0 Å². The van der Waals surface area contributed by atoms with Crippen molar-refractivity contribution in [1.82, 2.24) is 33.6 Å². The average Bonchev–Trinajstić information content (AvgIpc) is 1.59. The maximum Gasteiger partial charge on any atom is 0.162 e. The van der Waals surface area contributed by atoms with E-state index in [0.717, 1.165) is 145 Å². The number of fused-ring (bicyclic) bond motifs is 11. The van der Waals surface area contributed by atoms with Gasteiger partial charge in [0.05, 0.1) is 61.6 Å². The number of benzene rings is 16. The number of aromatic nitrogens is 7. The average molecular weight is 1530 g/mol. The van der Waals surface area contributed by atoms with Crippen molar-refractivity contribution < 1.29 is 0 Å². The zero-order valence-electron chi connectivity index (χ0n) is 63.1. The van der Waals surface area contributed by atoms with Crippen molar-refractivity contribution in [3.8, 4) is 139 Å². The van der Waals surface area contributed by atoms with Gasteiger partial charge in [-0.05, 0) is 164 Å². The highest BCUT2D eigenvalue weighted by Gasteiger charge is 2.24. The second kappa shape index (κ2) is 28.0. The van der Waals surface area contributed by atoms with Crippen LogP contribution in [0.5, 0.6) is 0 Å². The molecule has 0 amide bonds. The third-order valence-corrected chi connectivity index (χ3v) is 25.4. The molecule has 0 N–H and O–H groups in total. The first-order chi connectivity index (χ1) is 57.9. The molecule has 0 saturated carbocycles. The predicted molar refractivity (Wildman–Crippen MR) is 491 cm³/mol. The van der Waals surface area contributed by atoms with Crippen molar-refractivity contribution in [2.75, 3.05) is 0 Å². The highest BCUT2D eigenvalue weighted by atomic mass is 32.1. The van der Waals surface area contributed by atoms with Crippen LogP contribution in [0.1, 0.15) is 0 Å². The molecule has 0 unspecified atom stereocenters. The monoisotopic (exact) mass is 1530 g/mol. The number of hydrogen-bond acceptors (Lipinski definition) is 6. The number of para-hydroxylation sites is 6. The topological polar surface area (TPSA) is 66.3 Å². The van der Waals surface area contributed by atoms with Crippen molar-refractivity contribution in [2.45, 2.75) is 0 Å². The van der Waals surface area contributed by atoms with Gasteiger partial charge in [0.15, 0.2) is 11.6 Å². The van der Waals surface area contributed by atoms with Gasteiger partial charge in [0.25, 0.3) is 0 Å². The molecule has 0 atom stereocenters. The van der Waals surface area contributed by atoms with Gasteiger partial charge in [-0.2, -0.15) is 0 Å². The van der Waals surface area contributed by atoms with E-state index in [1.807, 2.05) is 22.7 Å². The summed E-state index contributed by atoms with van der Waals surface area (Å²) in [5.74, 6) is 1.28. The van der Waals surface area contributed by atoms with Crippen LogP contribution in [-0.4, -0.2) is 33.6 Å². The van der Waals surface area contributed by atoms with E-state index in [2.05, 4.69) is 420 Å². The second-order valence-corrected chi connectivity index (χ2v) is 32.2. The van der Waals surface area contributed by atoms with Crippen molar-refractivity contribution in [2.24, 2.45) is 0 Å². The quantitative estimate of drug-likeness (QED) is 0.109. The summed E-state index contributed by atoms with van der Waals surface area (Å²) in [5, 5.41) is 9.56. The molecule has 546 valence electrons. The molecule has 23 aromatic rings. The summed E-state index contributed by atoms with van der Waals surface area (Å²) in [6, 6.07) is 147. The molecule has 0 aliphatic heterocycles. The molecule has 7 heterocycles. The van der Waals surface area contributed by atoms with E-state index in [1.165, 1.54) is 68.2 Å². The Kier molecular flexibility index (Phi) is 16.2. The summed E-state index contributed by atoms with van der Waals surface area (Å²) in [7, 11) is 0. The first-order valence-electron chi connectivity index (χ1n) is 39.5. The zero-order chi connectivity index (χ0) is 77.0. The third kappa shape index (κ3) is 11.9. The number of rotatable bonds is 14. The van der Waals surface area contributed by atoms with Crippen molar-refractivity contribution >= 4 is 108 Å². The first-order valence-corrected chi connectivity index (χ1v) is 41.2. The summed E-state index contributed by atoms with van der Waals surface area (Å²) in [4.78, 5) is 24.6. The summed E-state index contributed by atoms with van der Waals surface area (Å²) < 4.78 is 9.71. The number of nitrogens with zero attached hydrogens (tertiary/aromatic N) is 7. The Morgan fingerprint density at radius 1 is 0.188 bits per heavy atom. The van der Waals surface area contributed by atoms with Crippen LogP contribution in [0.3, 0.4) is 0 Å². The maximum atomic E-state index is 5.62. The fraction of sp³-hybridized carbons (Fsp3) is 0. The van der Waals surface area contributed by atoms with Crippen LogP contribution >= 0.6 is 22.7 Å². The maximum absolute atomic E-state index is 5.62. The lowest BCUT2D eigenvalue weighted by Gasteiger charge is -2.16. The Morgan fingerprint density at radius 3 is 1.02 bits per heavy atom. The molecule has 7 nitrogen and oxygen atoms in total. The lowest BCUT2D eigenvalue weighted by molar-refractivity contribution is 1.12. The molecule has 0 radical (unpaired) electrons. The van der Waals surface area contributed by atoms with Crippen LogP contribution in [0.4, 0.5) is 0 Å².